The Morgan fingerprint density at radius 2 is 1.73 bits per heavy atom. The Kier molecular flexibility index (Phi) is 14.5. The molecule has 0 fully saturated rings. The molecule has 66 valence electrons. The summed E-state index contributed by atoms with van der Waals surface area (Å²) < 4.78 is 0. The zero-order chi connectivity index (χ0) is 9.11. The molecule has 0 bridgehead atoms. The van der Waals surface area contributed by atoms with E-state index in [4.69, 9.17) is 0 Å². The molecule has 0 aliphatic heterocycles. The summed E-state index contributed by atoms with van der Waals surface area (Å²) in [6, 6.07) is 0. The topological polar surface area (TPSA) is 0 Å². The standard InChI is InChI=1S/C7H10.2C2H6/c1-2-7-5-3-4-6-7;2*1-2/h3,5-6H,2,4H2,1H3;2*1-2H3. The Bertz CT molecular complexity index is 107. The van der Waals surface area contributed by atoms with Crippen LogP contribution in [0.2, 0.25) is 0 Å². The van der Waals surface area contributed by atoms with Crippen molar-refractivity contribution in [2.45, 2.75) is 47.5 Å². The van der Waals surface area contributed by atoms with Gasteiger partial charge in [-0.05, 0) is 12.8 Å². The fraction of sp³-hybridized carbons (Fsp3) is 0.636. The molecule has 0 saturated carbocycles. The Balaban J connectivity index is 0. The molecular weight excluding hydrogens is 132 g/mol. The van der Waals surface area contributed by atoms with Crippen LogP contribution in [0.1, 0.15) is 47.5 Å². The van der Waals surface area contributed by atoms with Gasteiger partial charge in [0.1, 0.15) is 0 Å². The summed E-state index contributed by atoms with van der Waals surface area (Å²) in [5, 5.41) is 0. The summed E-state index contributed by atoms with van der Waals surface area (Å²) in [5.41, 5.74) is 1.49. The first-order valence-electron chi connectivity index (χ1n) is 4.79. The molecule has 1 rings (SSSR count). The minimum absolute atomic E-state index is 1.16. The van der Waals surface area contributed by atoms with Gasteiger partial charge in [0, 0.05) is 0 Å². The first-order chi connectivity index (χ1) is 5.43. The van der Waals surface area contributed by atoms with Crippen molar-refractivity contribution in [2.75, 3.05) is 0 Å². The van der Waals surface area contributed by atoms with Gasteiger partial charge in [-0.3, -0.25) is 0 Å². The third kappa shape index (κ3) is 7.38. The lowest BCUT2D eigenvalue weighted by Gasteiger charge is -1.84. The third-order valence-electron chi connectivity index (χ3n) is 1.26. The highest BCUT2D eigenvalue weighted by Gasteiger charge is 1.90. The summed E-state index contributed by atoms with van der Waals surface area (Å²) in [7, 11) is 0. The number of allylic oxidation sites excluding steroid dienone is 4. The highest BCUT2D eigenvalue weighted by Crippen LogP contribution is 2.10. The molecule has 0 saturated heterocycles. The molecule has 0 aromatic rings. The predicted octanol–water partition coefficient (Wildman–Crippen LogP) is 4.34. The van der Waals surface area contributed by atoms with Gasteiger partial charge in [-0.2, -0.15) is 0 Å². The molecule has 0 radical (unpaired) electrons. The van der Waals surface area contributed by atoms with Crippen LogP contribution in [-0.2, 0) is 0 Å². The molecule has 0 N–H and O–H groups in total. The Morgan fingerprint density at radius 1 is 1.18 bits per heavy atom. The molecule has 0 atom stereocenters. The highest BCUT2D eigenvalue weighted by molar-refractivity contribution is 5.25. The Hall–Kier alpha value is -0.520. The van der Waals surface area contributed by atoms with E-state index in [2.05, 4.69) is 25.2 Å². The fourth-order valence-corrected chi connectivity index (χ4v) is 0.769. The summed E-state index contributed by atoms with van der Waals surface area (Å²) in [6.07, 6.45) is 9.00. The Labute approximate surface area is 72.0 Å². The first-order valence-corrected chi connectivity index (χ1v) is 4.79. The van der Waals surface area contributed by atoms with Crippen molar-refractivity contribution in [3.05, 3.63) is 23.8 Å². The van der Waals surface area contributed by atoms with Crippen molar-refractivity contribution in [3.63, 3.8) is 0 Å². The third-order valence-corrected chi connectivity index (χ3v) is 1.26. The lowest BCUT2D eigenvalue weighted by molar-refractivity contribution is 1.15. The molecule has 0 nitrogen and oxygen atoms in total. The second-order valence-corrected chi connectivity index (χ2v) is 1.77. The monoisotopic (exact) mass is 154 g/mol. The zero-order valence-electron chi connectivity index (χ0n) is 8.65. The Morgan fingerprint density at radius 3 is 1.91 bits per heavy atom. The molecule has 0 heteroatoms. The number of hydrogen-bond donors (Lipinski definition) is 0. The first kappa shape index (κ1) is 13.1. The van der Waals surface area contributed by atoms with Gasteiger partial charge in [0.05, 0.1) is 0 Å². The summed E-state index contributed by atoms with van der Waals surface area (Å²) in [4.78, 5) is 0. The van der Waals surface area contributed by atoms with E-state index >= 15 is 0 Å². The van der Waals surface area contributed by atoms with Crippen molar-refractivity contribution in [1.29, 1.82) is 0 Å². The predicted molar refractivity (Wildman–Crippen MR) is 54.8 cm³/mol. The summed E-state index contributed by atoms with van der Waals surface area (Å²) in [5.74, 6) is 0. The van der Waals surface area contributed by atoms with E-state index in [1.54, 1.807) is 0 Å². The molecule has 0 aromatic carbocycles. The normalized spacial score (nSPS) is 12.3. The molecule has 1 aliphatic carbocycles. The second kappa shape index (κ2) is 12.2. The van der Waals surface area contributed by atoms with Gasteiger partial charge in [0.2, 0.25) is 0 Å². The molecule has 11 heavy (non-hydrogen) atoms. The van der Waals surface area contributed by atoms with Gasteiger partial charge in [-0.25, -0.2) is 0 Å². The minimum Gasteiger partial charge on any atom is -0.0805 e. The summed E-state index contributed by atoms with van der Waals surface area (Å²) >= 11 is 0. The zero-order valence-corrected chi connectivity index (χ0v) is 8.65. The second-order valence-electron chi connectivity index (χ2n) is 1.77. The average molecular weight is 154 g/mol. The van der Waals surface area contributed by atoms with E-state index in [9.17, 15) is 0 Å². The molecule has 0 heterocycles. The van der Waals surface area contributed by atoms with E-state index in [1.807, 2.05) is 27.7 Å². The van der Waals surface area contributed by atoms with E-state index in [-0.39, 0.29) is 0 Å². The van der Waals surface area contributed by atoms with Crippen LogP contribution in [-0.4, -0.2) is 0 Å². The van der Waals surface area contributed by atoms with Crippen LogP contribution in [0.15, 0.2) is 23.8 Å². The van der Waals surface area contributed by atoms with Crippen molar-refractivity contribution < 1.29 is 0 Å². The van der Waals surface area contributed by atoms with Crippen molar-refractivity contribution in [2.24, 2.45) is 0 Å². The van der Waals surface area contributed by atoms with E-state index in [1.165, 1.54) is 12.0 Å². The van der Waals surface area contributed by atoms with Crippen molar-refractivity contribution >= 4 is 0 Å². The van der Waals surface area contributed by atoms with Gasteiger partial charge < -0.3 is 0 Å². The maximum absolute atomic E-state index is 2.26. The van der Waals surface area contributed by atoms with Crippen LogP contribution in [0.25, 0.3) is 0 Å². The van der Waals surface area contributed by atoms with Crippen molar-refractivity contribution in [3.8, 4) is 0 Å². The summed E-state index contributed by atoms with van der Waals surface area (Å²) in [6.45, 7) is 10.2. The number of rotatable bonds is 1. The van der Waals surface area contributed by atoms with Crippen LogP contribution < -0.4 is 0 Å². The average Bonchev–Trinajstić information content (AvgIpc) is 2.63. The highest BCUT2D eigenvalue weighted by atomic mass is 14.0. The fourth-order valence-electron chi connectivity index (χ4n) is 0.769. The SMILES string of the molecule is CC.CC.CCC1=CCC=C1. The minimum atomic E-state index is 1.16. The van der Waals surface area contributed by atoms with Crippen LogP contribution in [0.5, 0.6) is 0 Å². The molecule has 0 aromatic heterocycles. The lowest BCUT2D eigenvalue weighted by atomic mass is 10.2. The molecule has 0 spiro atoms. The van der Waals surface area contributed by atoms with Gasteiger partial charge in [0.15, 0.2) is 0 Å². The maximum atomic E-state index is 2.26. The van der Waals surface area contributed by atoms with Gasteiger partial charge in [-0.1, -0.05) is 58.4 Å². The van der Waals surface area contributed by atoms with Crippen LogP contribution >= 0.6 is 0 Å². The van der Waals surface area contributed by atoms with Gasteiger partial charge in [-0.15, -0.1) is 0 Å². The lowest BCUT2D eigenvalue weighted by Crippen LogP contribution is -1.64. The largest absolute Gasteiger partial charge is 0.0805 e. The van der Waals surface area contributed by atoms with Crippen LogP contribution in [0, 0.1) is 0 Å². The molecule has 1 aliphatic rings. The number of hydrogen-bond acceptors (Lipinski definition) is 0. The van der Waals surface area contributed by atoms with Gasteiger partial charge in [0.25, 0.3) is 0 Å². The molecular formula is C11H22. The smallest absolute Gasteiger partial charge is 0.0160 e. The maximum Gasteiger partial charge on any atom is -0.0160 e. The van der Waals surface area contributed by atoms with Gasteiger partial charge >= 0.3 is 0 Å². The molecule has 0 amide bonds. The van der Waals surface area contributed by atoms with E-state index in [0.29, 0.717) is 0 Å². The molecule has 0 unspecified atom stereocenters. The quantitative estimate of drug-likeness (QED) is 0.527. The van der Waals surface area contributed by atoms with Crippen LogP contribution in [0.4, 0.5) is 0 Å². The van der Waals surface area contributed by atoms with E-state index < -0.39 is 0 Å². The van der Waals surface area contributed by atoms with Crippen molar-refractivity contribution in [1.82, 2.24) is 0 Å². The van der Waals surface area contributed by atoms with Crippen LogP contribution in [0.3, 0.4) is 0 Å². The van der Waals surface area contributed by atoms with E-state index in [0.717, 1.165) is 6.42 Å².